The molecule has 328 valence electrons. The maximum absolute atomic E-state index is 14.5. The lowest BCUT2D eigenvalue weighted by molar-refractivity contribution is -0.155. The highest BCUT2D eigenvalue weighted by molar-refractivity contribution is 7.10. The lowest BCUT2D eigenvalue weighted by atomic mass is 9.84. The molecule has 0 saturated carbocycles. The van der Waals surface area contributed by atoms with Crippen molar-refractivity contribution >= 4 is 46.1 Å². The van der Waals surface area contributed by atoms with E-state index in [0.717, 1.165) is 44.7 Å². The number of likely N-dealkylation sites (N-methyl/N-ethyl adjacent to an activating group) is 2. The molecule has 3 aliphatic heterocycles. The zero-order valence-corrected chi connectivity index (χ0v) is 37.7. The van der Waals surface area contributed by atoms with Gasteiger partial charge in [-0.3, -0.25) is 24.4 Å². The van der Waals surface area contributed by atoms with E-state index in [0.29, 0.717) is 50.4 Å². The van der Waals surface area contributed by atoms with Crippen LogP contribution in [0.1, 0.15) is 76.8 Å². The second-order valence-electron chi connectivity index (χ2n) is 17.7. The van der Waals surface area contributed by atoms with Crippen molar-refractivity contribution in [1.29, 1.82) is 0 Å². The van der Waals surface area contributed by atoms with Gasteiger partial charge in [0.05, 0.1) is 34.8 Å². The smallest absolute Gasteiger partial charge is 0.324 e. The Hall–Kier alpha value is -4.90. The summed E-state index contributed by atoms with van der Waals surface area (Å²) in [7, 11) is 5.19. The topological polar surface area (TPSA) is 163 Å². The van der Waals surface area contributed by atoms with Gasteiger partial charge in [-0.15, -0.1) is 11.3 Å². The predicted molar refractivity (Wildman–Crippen MR) is 236 cm³/mol. The number of amides is 4. The Kier molecular flexibility index (Phi) is 13.2. The summed E-state index contributed by atoms with van der Waals surface area (Å²) < 4.78 is 14.2. The average molecular weight is 856 g/mol. The van der Waals surface area contributed by atoms with E-state index in [-0.39, 0.29) is 37.1 Å². The molecule has 3 aromatic heterocycles. The summed E-state index contributed by atoms with van der Waals surface area (Å²) in [5.74, 6) is -1.51. The van der Waals surface area contributed by atoms with Crippen molar-refractivity contribution in [1.82, 2.24) is 45.4 Å². The minimum Gasteiger partial charge on any atom is -0.464 e. The lowest BCUT2D eigenvalue weighted by Gasteiger charge is -2.43. The van der Waals surface area contributed by atoms with Gasteiger partial charge in [-0.25, -0.2) is 15.2 Å². The third-order valence-corrected chi connectivity index (χ3v) is 13.2. The molecule has 0 aliphatic carbocycles. The average Bonchev–Trinajstić information content (AvgIpc) is 3.82. The Morgan fingerprint density at radius 3 is 2.64 bits per heavy atom. The number of ether oxygens (including phenoxy) is 2. The third-order valence-electron chi connectivity index (χ3n) is 12.3. The number of rotatable bonds is 9. The zero-order valence-electron chi connectivity index (χ0n) is 36.9. The number of methoxy groups -OCH3 is 1. The molecule has 1 aromatic carbocycles. The van der Waals surface area contributed by atoms with Crippen LogP contribution in [0.2, 0.25) is 0 Å². The minimum absolute atomic E-state index is 0.112. The number of cyclic esters (lactones) is 1. The van der Waals surface area contributed by atoms with E-state index < -0.39 is 41.3 Å². The molecule has 0 unspecified atom stereocenters. The van der Waals surface area contributed by atoms with Crippen molar-refractivity contribution in [2.24, 2.45) is 11.3 Å². The summed E-state index contributed by atoms with van der Waals surface area (Å²) in [6, 6.07) is 7.79. The number of esters is 1. The van der Waals surface area contributed by atoms with E-state index in [1.807, 2.05) is 39.3 Å². The molecular formula is C45H61N9O6S. The van der Waals surface area contributed by atoms with Crippen molar-refractivity contribution in [3.05, 3.63) is 58.2 Å². The van der Waals surface area contributed by atoms with Gasteiger partial charge in [0.1, 0.15) is 18.1 Å². The Morgan fingerprint density at radius 1 is 1.16 bits per heavy atom. The maximum atomic E-state index is 14.5. The van der Waals surface area contributed by atoms with Gasteiger partial charge in [-0.2, -0.15) is 0 Å². The summed E-state index contributed by atoms with van der Waals surface area (Å²) in [5.41, 5.74) is 9.38. The van der Waals surface area contributed by atoms with Gasteiger partial charge in [0, 0.05) is 91.8 Å². The molecule has 61 heavy (non-hydrogen) atoms. The first kappa shape index (κ1) is 44.2. The standard InChI is InChI=1S/C45H61N9O6S/c1-10-53-36-16-15-28-19-31(36)32(40(53)30-13-11-17-47-38(30)27(4)59-9)21-45(5,6)25-60-43(57)33-14-12-18-54(50-33)42(56)34(20-37-48-35(28)24-61-37)49-41(55)39(26(2)3)51(8)44(58)52-22-29(23-52)46-7/h11,13,15-17,19,24,26-27,29,33-34,39,46,50H,10,12,14,18,20-23,25H2,1-9H3,(H,49,55)/t27-,33-,34-,39-/m0/s1. The highest BCUT2D eigenvalue weighted by atomic mass is 32.1. The van der Waals surface area contributed by atoms with Gasteiger partial charge < -0.3 is 34.5 Å². The number of urea groups is 1. The lowest BCUT2D eigenvalue weighted by Crippen LogP contribution is -2.65. The summed E-state index contributed by atoms with van der Waals surface area (Å²) in [5, 5.41) is 11.4. The monoisotopic (exact) mass is 855 g/mol. The van der Waals surface area contributed by atoms with Crippen LogP contribution in [0.15, 0.2) is 41.9 Å². The molecule has 15 nitrogen and oxygen atoms in total. The SMILES string of the molecule is CCn1c(-c2cccnc2[C@H](C)OC)c2c3cc(ccc31)-c1csc(n1)C[C@H](NC(=O)[C@H](C(C)C)N(C)C(=O)N1CC(NC)C1)C(=O)N1CCC[C@H](N1)C(=O)OCC(C)(C)C2. The van der Waals surface area contributed by atoms with Crippen LogP contribution >= 0.6 is 11.3 Å². The van der Waals surface area contributed by atoms with Crippen LogP contribution in [0.4, 0.5) is 4.79 Å². The largest absolute Gasteiger partial charge is 0.464 e. The molecule has 6 heterocycles. The van der Waals surface area contributed by atoms with Gasteiger partial charge in [-0.05, 0) is 75.9 Å². The first-order valence-electron chi connectivity index (χ1n) is 21.5. The van der Waals surface area contributed by atoms with E-state index in [1.54, 1.807) is 25.3 Å². The number of thiazole rings is 1. The van der Waals surface area contributed by atoms with E-state index in [1.165, 1.54) is 21.2 Å². The van der Waals surface area contributed by atoms with Crippen LogP contribution in [0.3, 0.4) is 0 Å². The van der Waals surface area contributed by atoms with E-state index >= 15 is 0 Å². The van der Waals surface area contributed by atoms with Gasteiger partial charge in [-0.1, -0.05) is 33.8 Å². The van der Waals surface area contributed by atoms with Gasteiger partial charge in [0.25, 0.3) is 5.91 Å². The fourth-order valence-electron chi connectivity index (χ4n) is 8.91. The van der Waals surface area contributed by atoms with Crippen molar-refractivity contribution in [2.75, 3.05) is 47.4 Å². The third kappa shape index (κ3) is 9.04. The number of aromatic nitrogens is 3. The van der Waals surface area contributed by atoms with Crippen LogP contribution in [0, 0.1) is 11.3 Å². The molecule has 16 heteroatoms. The number of hydrogen-bond acceptors (Lipinski definition) is 11. The Balaban J connectivity index is 1.29. The van der Waals surface area contributed by atoms with Crippen LogP contribution in [-0.2, 0) is 43.2 Å². The number of benzene rings is 1. The molecule has 4 amide bonds. The fraction of sp³-hybridized carbons (Fsp3) is 0.556. The number of carbonyl (C=O) groups excluding carboxylic acids is 4. The Morgan fingerprint density at radius 2 is 1.93 bits per heavy atom. The molecule has 7 rings (SSSR count). The normalized spacial score (nSPS) is 20.8. The molecular weight excluding hydrogens is 795 g/mol. The van der Waals surface area contributed by atoms with Crippen LogP contribution in [-0.4, -0.2) is 125 Å². The predicted octanol–water partition coefficient (Wildman–Crippen LogP) is 5.18. The number of fused-ring (bicyclic) bond motifs is 6. The summed E-state index contributed by atoms with van der Waals surface area (Å²) in [6.07, 6.45) is 3.30. The number of hydrogen-bond donors (Lipinski definition) is 3. The number of carbonyl (C=O) groups is 4. The molecule has 2 fully saturated rings. The fourth-order valence-corrected chi connectivity index (χ4v) is 9.76. The van der Waals surface area contributed by atoms with Crippen molar-refractivity contribution in [2.45, 2.75) is 104 Å². The summed E-state index contributed by atoms with van der Waals surface area (Å²) in [4.78, 5) is 69.2. The quantitative estimate of drug-likeness (QED) is 0.191. The molecule has 2 saturated heterocycles. The molecule has 3 N–H and O–H groups in total. The van der Waals surface area contributed by atoms with Crippen molar-refractivity contribution < 1.29 is 28.7 Å². The van der Waals surface area contributed by atoms with Gasteiger partial charge in [0.2, 0.25) is 5.91 Å². The summed E-state index contributed by atoms with van der Waals surface area (Å²) >= 11 is 1.43. The second kappa shape index (κ2) is 18.2. The number of nitrogens with one attached hydrogen (secondary N) is 3. The first-order chi connectivity index (χ1) is 29.1. The number of likely N-dealkylation sites (tertiary alicyclic amines) is 1. The maximum Gasteiger partial charge on any atom is 0.324 e. The second-order valence-corrected chi connectivity index (χ2v) is 18.7. The molecule has 4 atom stereocenters. The number of pyridine rings is 1. The van der Waals surface area contributed by atoms with Gasteiger partial charge >= 0.3 is 12.0 Å². The summed E-state index contributed by atoms with van der Waals surface area (Å²) in [6.45, 7) is 14.4. The molecule has 6 bridgehead atoms. The zero-order chi connectivity index (χ0) is 43.7. The van der Waals surface area contributed by atoms with E-state index in [9.17, 15) is 19.2 Å². The molecule has 0 spiro atoms. The molecule has 4 aromatic rings. The van der Waals surface area contributed by atoms with Crippen LogP contribution in [0.5, 0.6) is 0 Å². The highest BCUT2D eigenvalue weighted by Crippen LogP contribution is 2.42. The number of aryl methyl sites for hydroxylation is 1. The van der Waals surface area contributed by atoms with Gasteiger partial charge in [0.15, 0.2) is 0 Å². The highest BCUT2D eigenvalue weighted by Gasteiger charge is 2.40. The number of nitrogens with zero attached hydrogens (tertiary/aromatic N) is 6. The van der Waals surface area contributed by atoms with E-state index in [4.69, 9.17) is 19.4 Å². The molecule has 0 radical (unpaired) electrons. The van der Waals surface area contributed by atoms with Crippen molar-refractivity contribution in [3.63, 3.8) is 0 Å². The van der Waals surface area contributed by atoms with Crippen LogP contribution in [0.25, 0.3) is 33.4 Å². The van der Waals surface area contributed by atoms with Crippen molar-refractivity contribution in [3.8, 4) is 22.5 Å². The van der Waals surface area contributed by atoms with E-state index in [2.05, 4.69) is 65.7 Å². The Labute approximate surface area is 362 Å². The Bertz CT molecular complexity index is 2260. The van der Waals surface area contributed by atoms with Crippen LogP contribution < -0.4 is 16.1 Å². The minimum atomic E-state index is -1.03. The first-order valence-corrected chi connectivity index (χ1v) is 22.3. The molecule has 3 aliphatic rings. The number of hydrazine groups is 1.